The van der Waals surface area contributed by atoms with Crippen molar-refractivity contribution in [2.45, 2.75) is 40.3 Å². The lowest BCUT2D eigenvalue weighted by atomic mass is 10.00. The highest BCUT2D eigenvalue weighted by Crippen LogP contribution is 2.31. The van der Waals surface area contributed by atoms with Crippen molar-refractivity contribution in [3.63, 3.8) is 0 Å². The van der Waals surface area contributed by atoms with E-state index >= 15 is 0 Å². The summed E-state index contributed by atoms with van der Waals surface area (Å²) in [7, 11) is 0. The van der Waals surface area contributed by atoms with E-state index in [9.17, 15) is 4.79 Å². The number of hydrogen-bond donors (Lipinski definition) is 1. The van der Waals surface area contributed by atoms with Gasteiger partial charge < -0.3 is 14.3 Å². The Morgan fingerprint density at radius 1 is 0.949 bits per heavy atom. The summed E-state index contributed by atoms with van der Waals surface area (Å²) in [4.78, 5) is 21.5. The number of benzene rings is 2. The first kappa shape index (κ1) is 25.1. The van der Waals surface area contributed by atoms with E-state index in [2.05, 4.69) is 82.3 Å². The number of piperazine rings is 1. The quantitative estimate of drug-likeness (QED) is 0.354. The van der Waals surface area contributed by atoms with E-state index in [1.165, 1.54) is 22.4 Å². The molecule has 0 saturated carbocycles. The van der Waals surface area contributed by atoms with Crippen molar-refractivity contribution in [2.24, 2.45) is 0 Å². The second-order valence-corrected chi connectivity index (χ2v) is 10.5. The summed E-state index contributed by atoms with van der Waals surface area (Å²) in [6.45, 7) is 12.1. The molecule has 9 nitrogen and oxygen atoms in total. The van der Waals surface area contributed by atoms with Gasteiger partial charge in [-0.25, -0.2) is 4.68 Å². The molecule has 0 radical (unpaired) electrons. The Morgan fingerprint density at radius 3 is 2.51 bits per heavy atom. The zero-order valence-electron chi connectivity index (χ0n) is 22.8. The van der Waals surface area contributed by atoms with Crippen LogP contribution in [0, 0.1) is 27.7 Å². The summed E-state index contributed by atoms with van der Waals surface area (Å²) in [6, 6.07) is 16.0. The first-order chi connectivity index (χ1) is 18.9. The Morgan fingerprint density at radius 2 is 1.74 bits per heavy atom. The van der Waals surface area contributed by atoms with E-state index in [-0.39, 0.29) is 5.56 Å². The van der Waals surface area contributed by atoms with E-state index in [1.54, 1.807) is 10.9 Å². The van der Waals surface area contributed by atoms with E-state index in [0.717, 1.165) is 48.4 Å². The lowest BCUT2D eigenvalue weighted by molar-refractivity contribution is 0.200. The summed E-state index contributed by atoms with van der Waals surface area (Å²) in [5.41, 5.74) is 7.54. The Balaban J connectivity index is 1.40. The molecule has 0 spiro atoms. The minimum absolute atomic E-state index is 0.125. The normalized spacial score (nSPS) is 15.2. The van der Waals surface area contributed by atoms with E-state index in [0.29, 0.717) is 17.9 Å². The standard InChI is InChI=1S/C30H33N7O2/c1-19-7-5-9-27(22(19)4)35-10-12-36(13-11-35)28(29-32-33-34-37(29)18-24-8-6-14-39-24)25-17-23-15-20(2)21(3)16-26(23)31-30(25)38/h5-9,14-17,28H,10-13,18H2,1-4H3,(H,31,38)/t28-/m0/s1. The van der Waals surface area contributed by atoms with Crippen LogP contribution < -0.4 is 10.5 Å². The summed E-state index contributed by atoms with van der Waals surface area (Å²) < 4.78 is 7.32. The molecule has 1 saturated heterocycles. The van der Waals surface area contributed by atoms with Crippen LogP contribution in [0.2, 0.25) is 0 Å². The van der Waals surface area contributed by atoms with Crippen molar-refractivity contribution in [1.82, 2.24) is 30.1 Å². The molecule has 5 aromatic rings. The van der Waals surface area contributed by atoms with Gasteiger partial charge in [0.2, 0.25) is 0 Å². The zero-order valence-corrected chi connectivity index (χ0v) is 22.8. The van der Waals surface area contributed by atoms with Crippen LogP contribution in [-0.4, -0.2) is 56.3 Å². The summed E-state index contributed by atoms with van der Waals surface area (Å²) in [6.07, 6.45) is 1.64. The van der Waals surface area contributed by atoms with Gasteiger partial charge in [0.25, 0.3) is 5.56 Å². The number of rotatable bonds is 6. The van der Waals surface area contributed by atoms with Gasteiger partial charge in [-0.3, -0.25) is 9.69 Å². The molecular weight excluding hydrogens is 490 g/mol. The number of fused-ring (bicyclic) bond motifs is 1. The number of furan rings is 1. The largest absolute Gasteiger partial charge is 0.467 e. The van der Waals surface area contributed by atoms with Gasteiger partial charge in [-0.05, 0) is 102 Å². The number of aryl methyl sites for hydroxylation is 3. The van der Waals surface area contributed by atoms with Gasteiger partial charge in [-0.1, -0.05) is 12.1 Å². The monoisotopic (exact) mass is 523 g/mol. The Labute approximate surface area is 227 Å². The molecule has 9 heteroatoms. The molecule has 1 atom stereocenters. The Hall–Kier alpha value is -4.24. The van der Waals surface area contributed by atoms with Crippen molar-refractivity contribution >= 4 is 16.6 Å². The number of anilines is 1. The molecule has 0 aliphatic carbocycles. The molecule has 1 N–H and O–H groups in total. The zero-order chi connectivity index (χ0) is 27.1. The van der Waals surface area contributed by atoms with Crippen LogP contribution in [0.3, 0.4) is 0 Å². The highest BCUT2D eigenvalue weighted by atomic mass is 16.3. The number of nitrogens with one attached hydrogen (secondary N) is 1. The molecule has 0 unspecified atom stereocenters. The molecule has 200 valence electrons. The first-order valence-corrected chi connectivity index (χ1v) is 13.4. The number of aromatic amines is 1. The lowest BCUT2D eigenvalue weighted by Gasteiger charge is -2.40. The third-order valence-electron chi connectivity index (χ3n) is 8.07. The SMILES string of the molecule is Cc1cc2cc([C@@H](c3nnnn3Cc3ccco3)N3CCN(c4cccc(C)c4C)CC3)c(=O)[nH]c2cc1C. The smallest absolute Gasteiger partial charge is 0.253 e. The molecule has 0 amide bonds. The highest BCUT2D eigenvalue weighted by Gasteiger charge is 2.33. The van der Waals surface area contributed by atoms with Crippen molar-refractivity contribution < 1.29 is 4.42 Å². The molecule has 1 fully saturated rings. The van der Waals surface area contributed by atoms with Gasteiger partial charge in [0.1, 0.15) is 18.3 Å². The number of H-pyrrole nitrogens is 1. The summed E-state index contributed by atoms with van der Waals surface area (Å²) in [5.74, 6) is 1.38. The molecule has 4 heterocycles. The molecule has 0 bridgehead atoms. The predicted molar refractivity (Wildman–Crippen MR) is 151 cm³/mol. The number of hydrogen-bond acceptors (Lipinski definition) is 7. The Bertz CT molecular complexity index is 1680. The minimum Gasteiger partial charge on any atom is -0.467 e. The highest BCUT2D eigenvalue weighted by molar-refractivity contribution is 5.81. The molecule has 1 aliphatic heterocycles. The van der Waals surface area contributed by atoms with Gasteiger partial charge in [0.15, 0.2) is 5.82 Å². The summed E-state index contributed by atoms with van der Waals surface area (Å²) >= 11 is 0. The lowest BCUT2D eigenvalue weighted by Crippen LogP contribution is -2.49. The van der Waals surface area contributed by atoms with Crippen LogP contribution in [0.5, 0.6) is 0 Å². The molecule has 6 rings (SSSR count). The van der Waals surface area contributed by atoms with Crippen LogP contribution in [0.25, 0.3) is 10.9 Å². The van der Waals surface area contributed by atoms with E-state index < -0.39 is 6.04 Å². The van der Waals surface area contributed by atoms with E-state index in [4.69, 9.17) is 4.42 Å². The molecule has 39 heavy (non-hydrogen) atoms. The number of pyridine rings is 1. The van der Waals surface area contributed by atoms with E-state index in [1.807, 2.05) is 24.3 Å². The number of nitrogens with zero attached hydrogens (tertiary/aromatic N) is 6. The van der Waals surface area contributed by atoms with Crippen LogP contribution in [0.1, 0.15) is 45.4 Å². The molecule has 1 aliphatic rings. The van der Waals surface area contributed by atoms with Crippen LogP contribution >= 0.6 is 0 Å². The van der Waals surface area contributed by atoms with Crippen LogP contribution in [0.4, 0.5) is 5.69 Å². The van der Waals surface area contributed by atoms with Crippen molar-refractivity contribution in [3.05, 3.63) is 105 Å². The maximum atomic E-state index is 13.6. The average Bonchev–Trinajstić information content (AvgIpc) is 3.61. The number of tetrazole rings is 1. The maximum Gasteiger partial charge on any atom is 0.253 e. The topological polar surface area (TPSA) is 96.1 Å². The summed E-state index contributed by atoms with van der Waals surface area (Å²) in [5, 5.41) is 13.8. The number of aromatic nitrogens is 5. The minimum atomic E-state index is -0.412. The van der Waals surface area contributed by atoms with Crippen molar-refractivity contribution in [1.29, 1.82) is 0 Å². The van der Waals surface area contributed by atoms with Crippen LogP contribution in [-0.2, 0) is 6.54 Å². The van der Waals surface area contributed by atoms with Gasteiger partial charge >= 0.3 is 0 Å². The first-order valence-electron chi connectivity index (χ1n) is 13.4. The maximum absolute atomic E-state index is 13.6. The van der Waals surface area contributed by atoms with Crippen molar-refractivity contribution in [3.8, 4) is 0 Å². The van der Waals surface area contributed by atoms with Crippen molar-refractivity contribution in [2.75, 3.05) is 31.1 Å². The second kappa shape index (κ2) is 10.1. The van der Waals surface area contributed by atoms with Gasteiger partial charge in [0.05, 0.1) is 6.26 Å². The molecule has 2 aromatic carbocycles. The van der Waals surface area contributed by atoms with Gasteiger partial charge in [-0.2, -0.15) is 0 Å². The third kappa shape index (κ3) is 4.74. The fourth-order valence-corrected chi connectivity index (χ4v) is 5.57. The van der Waals surface area contributed by atoms with Crippen LogP contribution in [0.15, 0.2) is 64.0 Å². The van der Waals surface area contributed by atoms with Gasteiger partial charge in [-0.15, -0.1) is 5.10 Å². The molecule has 3 aromatic heterocycles. The fraction of sp³-hybridized carbons (Fsp3) is 0.333. The Kier molecular flexibility index (Phi) is 6.52. The average molecular weight is 524 g/mol. The molecular formula is C30H33N7O2. The second-order valence-electron chi connectivity index (χ2n) is 10.5. The predicted octanol–water partition coefficient (Wildman–Crippen LogP) is 4.30. The third-order valence-corrected chi connectivity index (χ3v) is 8.07. The van der Waals surface area contributed by atoms with Gasteiger partial charge in [0, 0.05) is 42.9 Å². The fourth-order valence-electron chi connectivity index (χ4n) is 5.57.